The second-order valence-electron chi connectivity index (χ2n) is 2.84. The van der Waals surface area contributed by atoms with Gasteiger partial charge >= 0.3 is 105 Å². The van der Waals surface area contributed by atoms with Crippen molar-refractivity contribution < 1.29 is 24.6 Å². The molecular formula is C10H16Cl2Hg. The molecule has 0 aromatic heterocycles. The molecule has 0 aromatic carbocycles. The van der Waals surface area contributed by atoms with E-state index in [-0.39, 0.29) is 0 Å². The van der Waals surface area contributed by atoms with Crippen LogP contribution in [0.1, 0.15) is 25.7 Å². The minimum absolute atomic E-state index is 0.766. The van der Waals surface area contributed by atoms with E-state index in [1.165, 1.54) is 0 Å². The van der Waals surface area contributed by atoms with E-state index in [1.54, 1.807) is 0 Å². The zero-order valence-corrected chi connectivity index (χ0v) is 15.0. The van der Waals surface area contributed by atoms with Gasteiger partial charge in [0.15, 0.2) is 0 Å². The van der Waals surface area contributed by atoms with Crippen molar-refractivity contribution in [3.63, 3.8) is 0 Å². The molecule has 0 aromatic rings. The van der Waals surface area contributed by atoms with Crippen molar-refractivity contribution in [2.24, 2.45) is 0 Å². The van der Waals surface area contributed by atoms with Crippen LogP contribution in [0.3, 0.4) is 0 Å². The van der Waals surface area contributed by atoms with Gasteiger partial charge in [0.1, 0.15) is 0 Å². The second kappa shape index (κ2) is 13.0. The van der Waals surface area contributed by atoms with E-state index >= 15 is 0 Å². The predicted octanol–water partition coefficient (Wildman–Crippen LogP) is 4.13. The molecule has 0 aliphatic heterocycles. The molecule has 72 valence electrons. The Labute approximate surface area is 104 Å². The van der Waals surface area contributed by atoms with Crippen molar-refractivity contribution in [3.05, 3.63) is 19.3 Å². The van der Waals surface area contributed by atoms with Crippen molar-refractivity contribution in [2.45, 2.75) is 25.7 Å². The van der Waals surface area contributed by atoms with Crippen molar-refractivity contribution in [2.75, 3.05) is 11.8 Å². The van der Waals surface area contributed by atoms with E-state index < -0.39 is 24.6 Å². The number of alkyl halides is 2. The van der Waals surface area contributed by atoms with Gasteiger partial charge < -0.3 is 0 Å². The Morgan fingerprint density at radius 3 is 1.69 bits per heavy atom. The summed E-state index contributed by atoms with van der Waals surface area (Å²) in [7, 11) is 0. The summed E-state index contributed by atoms with van der Waals surface area (Å²) in [4.78, 5) is 0. The van der Waals surface area contributed by atoms with Gasteiger partial charge in [0, 0.05) is 0 Å². The summed E-state index contributed by atoms with van der Waals surface area (Å²) in [5.41, 5.74) is 0. The van der Waals surface area contributed by atoms with Gasteiger partial charge in [-0.15, -0.1) is 0 Å². The minimum atomic E-state index is -0.766. The quantitative estimate of drug-likeness (QED) is 0.322. The monoisotopic (exact) mass is 408 g/mol. The molecule has 0 rings (SSSR count). The Balaban J connectivity index is 3.13. The predicted molar refractivity (Wildman–Crippen MR) is 58.2 cm³/mol. The Bertz CT molecular complexity index is 128. The molecule has 0 saturated carbocycles. The topological polar surface area (TPSA) is 0 Å². The van der Waals surface area contributed by atoms with E-state index in [4.69, 9.17) is 23.2 Å². The van der Waals surface area contributed by atoms with Gasteiger partial charge in [0.05, 0.1) is 0 Å². The molecular weight excluding hydrogens is 392 g/mol. The molecule has 0 nitrogen and oxygen atoms in total. The maximum atomic E-state index is 5.56. The van der Waals surface area contributed by atoms with Gasteiger partial charge in [-0.2, -0.15) is 0 Å². The molecule has 0 atom stereocenters. The standard InChI is InChI=1S/2C5H8Cl.Hg/c2*1-2-3-4-5-6;/h2*1-2H,3-5H2;. The Morgan fingerprint density at radius 2 is 1.31 bits per heavy atom. The van der Waals surface area contributed by atoms with Gasteiger partial charge in [-0.1, -0.05) is 0 Å². The third kappa shape index (κ3) is 13.0. The first-order chi connectivity index (χ1) is 6.41. The summed E-state index contributed by atoms with van der Waals surface area (Å²) in [6.45, 7) is 0. The summed E-state index contributed by atoms with van der Waals surface area (Å²) in [6.07, 6.45) is 9.10. The van der Waals surface area contributed by atoms with Gasteiger partial charge in [-0.3, -0.25) is 0 Å². The molecule has 0 aliphatic rings. The molecule has 0 fully saturated rings. The number of hydrogen-bond donors (Lipinski definition) is 0. The van der Waals surface area contributed by atoms with Crippen molar-refractivity contribution >= 4 is 23.2 Å². The van der Waals surface area contributed by atoms with Crippen molar-refractivity contribution in [3.8, 4) is 0 Å². The maximum absolute atomic E-state index is 5.56. The normalized spacial score (nSPS) is 11.2. The Morgan fingerprint density at radius 1 is 0.846 bits per heavy atom. The molecule has 13 heavy (non-hydrogen) atoms. The van der Waals surface area contributed by atoms with Crippen LogP contribution in [0, 0.1) is 0 Å². The number of hydrogen-bond acceptors (Lipinski definition) is 0. The molecule has 0 aliphatic carbocycles. The zero-order chi connectivity index (χ0) is 9.78. The van der Waals surface area contributed by atoms with Gasteiger partial charge in [-0.25, -0.2) is 0 Å². The van der Waals surface area contributed by atoms with Gasteiger partial charge in [-0.05, 0) is 0 Å². The summed E-state index contributed by atoms with van der Waals surface area (Å²) >= 11 is 10.3. The van der Waals surface area contributed by atoms with Crippen LogP contribution in [0.4, 0.5) is 0 Å². The molecule has 0 unspecified atom stereocenters. The SMILES string of the molecule is ClCCC/C=[CH]/[Hg]/[CH]=C/CCCCl. The zero-order valence-electron chi connectivity index (χ0n) is 8.02. The first kappa shape index (κ1) is 14.0. The van der Waals surface area contributed by atoms with E-state index in [9.17, 15) is 0 Å². The molecule has 0 amide bonds. The molecule has 3 heteroatoms. The average Bonchev–Trinajstić information content (AvgIpc) is 2.16. The molecule has 0 saturated heterocycles. The molecule has 0 bridgehead atoms. The van der Waals surface area contributed by atoms with Crippen molar-refractivity contribution in [1.29, 1.82) is 0 Å². The summed E-state index contributed by atoms with van der Waals surface area (Å²) < 4.78 is 4.81. The number of unbranched alkanes of at least 4 members (excludes halogenated alkanes) is 2. The average molecular weight is 408 g/mol. The van der Waals surface area contributed by atoms with Crippen LogP contribution in [0.2, 0.25) is 0 Å². The number of rotatable bonds is 8. The van der Waals surface area contributed by atoms with Crippen LogP contribution in [0.15, 0.2) is 19.3 Å². The molecule has 0 heterocycles. The second-order valence-corrected chi connectivity index (χ2v) is 9.09. The number of allylic oxidation sites excluding steroid dienone is 2. The third-order valence-electron chi connectivity index (χ3n) is 1.61. The Hall–Kier alpha value is 0.995. The van der Waals surface area contributed by atoms with Gasteiger partial charge in [0.25, 0.3) is 0 Å². The third-order valence-corrected chi connectivity index (χ3v) is 6.86. The van der Waals surface area contributed by atoms with Crippen LogP contribution in [-0.4, -0.2) is 11.8 Å². The first-order valence-corrected chi connectivity index (χ1v) is 12.3. The Kier molecular flexibility index (Phi) is 14.0. The number of halogens is 2. The van der Waals surface area contributed by atoms with Crippen LogP contribution >= 0.6 is 23.2 Å². The first-order valence-electron chi connectivity index (χ1n) is 4.83. The van der Waals surface area contributed by atoms with E-state index in [0.29, 0.717) is 0 Å². The van der Waals surface area contributed by atoms with Crippen LogP contribution in [0.25, 0.3) is 0 Å². The summed E-state index contributed by atoms with van der Waals surface area (Å²) in [6, 6.07) is 0. The summed E-state index contributed by atoms with van der Waals surface area (Å²) in [5.74, 6) is 1.57. The van der Waals surface area contributed by atoms with Crippen LogP contribution in [0.5, 0.6) is 0 Å². The van der Waals surface area contributed by atoms with E-state index in [0.717, 1.165) is 37.4 Å². The van der Waals surface area contributed by atoms with Gasteiger partial charge in [0.2, 0.25) is 0 Å². The van der Waals surface area contributed by atoms with Crippen LogP contribution in [-0.2, 0) is 24.6 Å². The molecule has 0 spiro atoms. The van der Waals surface area contributed by atoms with E-state index in [2.05, 4.69) is 19.3 Å². The molecule has 0 radical (unpaired) electrons. The fourth-order valence-electron chi connectivity index (χ4n) is 0.897. The molecule has 0 N–H and O–H groups in total. The van der Waals surface area contributed by atoms with Crippen molar-refractivity contribution in [1.82, 2.24) is 0 Å². The fraction of sp³-hybridized carbons (Fsp3) is 0.600. The fourth-order valence-corrected chi connectivity index (χ4v) is 5.15. The van der Waals surface area contributed by atoms with Crippen LogP contribution < -0.4 is 0 Å². The van der Waals surface area contributed by atoms with E-state index in [1.807, 2.05) is 0 Å². The summed E-state index contributed by atoms with van der Waals surface area (Å²) in [5, 5.41) is 0.